The maximum absolute atomic E-state index is 4.01. The van der Waals surface area contributed by atoms with Crippen molar-refractivity contribution in [1.82, 2.24) is 0 Å². The highest BCUT2D eigenvalue weighted by Gasteiger charge is 2.13. The molecule has 0 N–H and O–H groups in total. The average molecular weight is 772 g/mol. The molecule has 0 spiro atoms. The highest BCUT2D eigenvalue weighted by molar-refractivity contribution is 9.15. The van der Waals surface area contributed by atoms with Crippen LogP contribution in [-0.4, -0.2) is 0 Å². The van der Waals surface area contributed by atoms with Crippen LogP contribution in [0.3, 0.4) is 0 Å². The smallest absolute Gasteiger partial charge is 0.0477 e. The summed E-state index contributed by atoms with van der Waals surface area (Å²) in [6.45, 7) is 0. The largest absolute Gasteiger partial charge is 0.0616 e. The normalized spacial score (nSPS) is 16.9. The average Bonchev–Trinajstić information content (AvgIpc) is 3.01. The molecule has 0 fully saturated rings. The van der Waals surface area contributed by atoms with Crippen LogP contribution in [0.2, 0.25) is 0 Å². The zero-order valence-electron chi connectivity index (χ0n) is 21.1. The van der Waals surface area contributed by atoms with Gasteiger partial charge in [-0.2, -0.15) is 0 Å². The summed E-state index contributed by atoms with van der Waals surface area (Å²) in [7, 11) is 0. The van der Waals surface area contributed by atoms with E-state index in [0.717, 1.165) is 38.8 Å². The van der Waals surface area contributed by atoms with Crippen molar-refractivity contribution < 1.29 is 0 Å². The van der Waals surface area contributed by atoms with E-state index in [2.05, 4.69) is 185 Å². The lowest BCUT2D eigenvalue weighted by molar-refractivity contribution is 1.26. The molecular weight excluding hydrogens is 752 g/mol. The summed E-state index contributed by atoms with van der Waals surface area (Å²) in [5.41, 5.74) is 0. The van der Waals surface area contributed by atoms with Crippen LogP contribution in [0, 0.1) is 62.6 Å². The molecule has 0 radical (unpaired) electrons. The first-order chi connectivity index (χ1) is 19.6. The summed E-state index contributed by atoms with van der Waals surface area (Å²) in [5.74, 6) is 0. The van der Waals surface area contributed by atoms with Crippen molar-refractivity contribution >= 4 is 63.7 Å². The number of hydrogen-bond donors (Lipinski definition) is 0. The van der Waals surface area contributed by atoms with Gasteiger partial charge in [-0.3, -0.25) is 0 Å². The van der Waals surface area contributed by atoms with Gasteiger partial charge in [-0.05, 0) is 116 Å². The Hall–Kier alpha value is -2.76. The topological polar surface area (TPSA) is 0 Å². The summed E-state index contributed by atoms with van der Waals surface area (Å²) in [5, 5.41) is 14.2. The molecule has 7 rings (SSSR count). The van der Waals surface area contributed by atoms with Crippen molar-refractivity contribution in [2.75, 3.05) is 0 Å². The maximum atomic E-state index is 4.01. The van der Waals surface area contributed by atoms with E-state index in [1.165, 1.54) is 41.7 Å². The minimum Gasteiger partial charge on any atom is -0.0616 e. The van der Waals surface area contributed by atoms with Crippen LogP contribution in [0.4, 0.5) is 0 Å². The molecule has 0 aromatic heterocycles. The fourth-order valence-electron chi connectivity index (χ4n) is 5.87. The molecule has 0 amide bonds. The first-order valence-electron chi connectivity index (χ1n) is 12.9. The van der Waals surface area contributed by atoms with Crippen LogP contribution in [0.15, 0.2) is 139 Å². The van der Waals surface area contributed by atoms with Crippen LogP contribution >= 0.6 is 63.7 Å². The summed E-state index contributed by atoms with van der Waals surface area (Å²) in [4.78, 5) is 0. The molecule has 1 aliphatic rings. The van der Waals surface area contributed by atoms with Crippen molar-refractivity contribution in [3.63, 3.8) is 0 Å². The van der Waals surface area contributed by atoms with E-state index in [4.69, 9.17) is 0 Å². The third kappa shape index (κ3) is 4.11. The van der Waals surface area contributed by atoms with Gasteiger partial charge in [-0.1, -0.05) is 121 Å². The number of fused-ring (bicyclic) bond motifs is 6. The highest BCUT2D eigenvalue weighted by atomic mass is 79.9. The molecule has 192 valence electrons. The Kier molecular flexibility index (Phi) is 6.91. The second-order valence-corrected chi connectivity index (χ2v) is 12.9. The van der Waals surface area contributed by atoms with Crippen LogP contribution in [0.25, 0.3) is 0 Å². The fraction of sp³-hybridized carbons (Fsp3) is 0. The Morgan fingerprint density at radius 1 is 0.225 bits per heavy atom. The van der Waals surface area contributed by atoms with Crippen molar-refractivity contribution in [3.05, 3.63) is 202 Å². The third-order valence-electron chi connectivity index (χ3n) is 7.60. The Bertz CT molecular complexity index is 2420. The van der Waals surface area contributed by atoms with Gasteiger partial charge >= 0.3 is 0 Å². The second-order valence-electron chi connectivity index (χ2n) is 9.73. The molecular formula is C36H20Br4. The molecule has 1 aliphatic carbocycles. The quantitative estimate of drug-likeness (QED) is 0.106. The Morgan fingerprint density at radius 3 is 0.625 bits per heavy atom. The molecule has 0 unspecified atom stereocenters. The van der Waals surface area contributed by atoms with Crippen molar-refractivity contribution in [3.8, 4) is 0 Å². The first-order valence-corrected chi connectivity index (χ1v) is 16.1. The predicted octanol–water partition coefficient (Wildman–Crippen LogP) is 10.8. The van der Waals surface area contributed by atoms with Gasteiger partial charge in [0.25, 0.3) is 0 Å². The second kappa shape index (κ2) is 10.6. The van der Waals surface area contributed by atoms with Gasteiger partial charge in [0, 0.05) is 28.3 Å². The Balaban J connectivity index is 2.21. The van der Waals surface area contributed by atoms with E-state index < -0.39 is 0 Å². The van der Waals surface area contributed by atoms with E-state index >= 15 is 0 Å². The lowest BCUT2D eigenvalue weighted by Gasteiger charge is -2.09. The van der Waals surface area contributed by atoms with E-state index in [1.807, 2.05) is 0 Å². The van der Waals surface area contributed by atoms with Gasteiger partial charge in [0.2, 0.25) is 0 Å². The molecule has 0 aliphatic heterocycles. The molecule has 4 heteroatoms. The summed E-state index contributed by atoms with van der Waals surface area (Å²) in [6.07, 6.45) is 0. The molecule has 0 atom stereocenters. The lowest BCUT2D eigenvalue weighted by Crippen LogP contribution is -1.92. The van der Waals surface area contributed by atoms with Crippen LogP contribution in [0.1, 0.15) is 0 Å². The van der Waals surface area contributed by atoms with Gasteiger partial charge < -0.3 is 0 Å². The van der Waals surface area contributed by atoms with Gasteiger partial charge in [0.05, 0.1) is 0 Å². The van der Waals surface area contributed by atoms with E-state index in [0.29, 0.717) is 0 Å². The van der Waals surface area contributed by atoms with Gasteiger partial charge in [-0.25, -0.2) is 0 Å². The monoisotopic (exact) mass is 768 g/mol. The molecule has 0 nitrogen and oxygen atoms in total. The van der Waals surface area contributed by atoms with Crippen molar-refractivity contribution in [2.24, 2.45) is 0 Å². The van der Waals surface area contributed by atoms with E-state index in [-0.39, 0.29) is 0 Å². The van der Waals surface area contributed by atoms with Gasteiger partial charge in [0.15, 0.2) is 0 Å². The first kappa shape index (κ1) is 26.2. The molecule has 6 aromatic rings. The molecule has 0 saturated carbocycles. The highest BCUT2D eigenvalue weighted by Crippen LogP contribution is 2.39. The number of halogens is 4. The van der Waals surface area contributed by atoms with Crippen LogP contribution < -0.4 is 0 Å². The molecule has 6 aromatic carbocycles. The van der Waals surface area contributed by atoms with Crippen molar-refractivity contribution in [1.29, 1.82) is 0 Å². The summed E-state index contributed by atoms with van der Waals surface area (Å²) < 4.78 is 3.94. The van der Waals surface area contributed by atoms with E-state index in [1.54, 1.807) is 0 Å². The lowest BCUT2D eigenvalue weighted by atomic mass is 10.0. The minimum absolute atomic E-state index is 0.969. The standard InChI is InChI=1S/C36H20Br4/c37-33-31-29-19-9-7-17-27(29)25-15-5-3-13-23(25)21-11-1-2-12-22(21)24-14-4-6-16-26(24)28-18-8-10-20-30(28)32(31)34(38)36(40)35(33)39/h1-20H/b23-21-,24-22-,27-25-,28-26-,31-29+,32-30+. The minimum atomic E-state index is 0.969. The zero-order valence-corrected chi connectivity index (χ0v) is 27.4. The zero-order chi connectivity index (χ0) is 27.4. The Labute approximate surface area is 263 Å². The molecule has 0 bridgehead atoms. The molecule has 0 heterocycles. The molecule has 0 saturated heterocycles. The number of hydrogen-bond acceptors (Lipinski definition) is 0. The third-order valence-corrected chi connectivity index (χ3v) is 12.4. The summed E-state index contributed by atoms with van der Waals surface area (Å²) >= 11 is 15.8. The Morgan fingerprint density at radius 2 is 0.400 bits per heavy atom. The molecule has 40 heavy (non-hydrogen) atoms. The SMILES string of the molecule is Brc1c(Br)c(Br)c2/c(c1Br)=c1/cccc/c1=c1\cccc\c1=c1/cccc/c1=c1\cccc\c1=c1/cccc/c1=2. The van der Waals surface area contributed by atoms with Crippen LogP contribution in [-0.2, 0) is 0 Å². The maximum Gasteiger partial charge on any atom is 0.0477 e. The van der Waals surface area contributed by atoms with Crippen molar-refractivity contribution in [2.45, 2.75) is 0 Å². The number of rotatable bonds is 0. The van der Waals surface area contributed by atoms with Gasteiger partial charge in [-0.15, -0.1) is 0 Å². The summed E-state index contributed by atoms with van der Waals surface area (Å²) in [6, 6.07) is 43.8. The predicted molar refractivity (Wildman–Crippen MR) is 175 cm³/mol. The number of benzene rings is 6. The van der Waals surface area contributed by atoms with Crippen LogP contribution in [0.5, 0.6) is 0 Å². The van der Waals surface area contributed by atoms with E-state index in [9.17, 15) is 0 Å². The van der Waals surface area contributed by atoms with Gasteiger partial charge in [0.1, 0.15) is 0 Å². The fourth-order valence-corrected chi connectivity index (χ4v) is 8.41.